The van der Waals surface area contributed by atoms with Crippen LogP contribution in [0.2, 0.25) is 0 Å². The summed E-state index contributed by atoms with van der Waals surface area (Å²) in [5, 5.41) is 5.49. The van der Waals surface area contributed by atoms with Gasteiger partial charge >= 0.3 is 0 Å². The lowest BCUT2D eigenvalue weighted by Crippen LogP contribution is -2.18. The molecule has 0 aromatic carbocycles. The molecule has 0 saturated heterocycles. The fourth-order valence-electron chi connectivity index (χ4n) is 1.28. The number of thiophene rings is 1. The van der Waals surface area contributed by atoms with Crippen molar-refractivity contribution in [2.75, 3.05) is 6.54 Å². The van der Waals surface area contributed by atoms with E-state index in [0.29, 0.717) is 0 Å². The Bertz CT molecular complexity index is 396. The van der Waals surface area contributed by atoms with Crippen molar-refractivity contribution in [3.8, 4) is 0 Å². The van der Waals surface area contributed by atoms with Crippen LogP contribution < -0.4 is 5.32 Å². The van der Waals surface area contributed by atoms with Crippen molar-refractivity contribution in [3.05, 3.63) is 39.5 Å². The molecule has 0 aliphatic carbocycles. The molecule has 0 amide bonds. The zero-order chi connectivity index (χ0) is 10.5. The maximum Gasteiger partial charge on any atom is 0.0946 e. The Labute approximate surface area is 101 Å². The van der Waals surface area contributed by atoms with Gasteiger partial charge in [-0.05, 0) is 27.4 Å². The summed E-state index contributed by atoms with van der Waals surface area (Å²) in [7, 11) is 0. The standard InChI is InChI=1S/C10H12BrN3S/c11-9-1-6-15-10(9)7-12-2-4-14-5-3-13-8-14/h1,3,5-6,8,12H,2,4,7H2. The van der Waals surface area contributed by atoms with E-state index in [1.807, 2.05) is 12.5 Å². The molecule has 2 rings (SSSR count). The number of nitrogens with zero attached hydrogens (tertiary/aromatic N) is 2. The average Bonchev–Trinajstić information content (AvgIpc) is 2.85. The van der Waals surface area contributed by atoms with E-state index in [-0.39, 0.29) is 0 Å². The van der Waals surface area contributed by atoms with Gasteiger partial charge < -0.3 is 9.88 Å². The molecule has 0 atom stereocenters. The molecule has 0 fully saturated rings. The normalized spacial score (nSPS) is 10.7. The molecule has 0 bridgehead atoms. The summed E-state index contributed by atoms with van der Waals surface area (Å²) >= 11 is 5.28. The minimum atomic E-state index is 0.924. The summed E-state index contributed by atoms with van der Waals surface area (Å²) in [6.07, 6.45) is 5.61. The first kappa shape index (κ1) is 10.9. The molecule has 0 saturated carbocycles. The Balaban J connectivity index is 1.70. The smallest absolute Gasteiger partial charge is 0.0946 e. The fraction of sp³-hybridized carbons (Fsp3) is 0.300. The minimum absolute atomic E-state index is 0.924. The number of imidazole rings is 1. The maximum absolute atomic E-state index is 3.99. The average molecular weight is 286 g/mol. The Morgan fingerprint density at radius 1 is 1.53 bits per heavy atom. The van der Waals surface area contributed by atoms with Gasteiger partial charge in [-0.1, -0.05) is 0 Å². The molecular weight excluding hydrogens is 274 g/mol. The third-order valence-electron chi connectivity index (χ3n) is 2.08. The number of aromatic nitrogens is 2. The van der Waals surface area contributed by atoms with Gasteiger partial charge in [-0.3, -0.25) is 0 Å². The maximum atomic E-state index is 3.99. The number of hydrogen-bond acceptors (Lipinski definition) is 3. The first-order valence-corrected chi connectivity index (χ1v) is 6.42. The second kappa shape index (κ2) is 5.44. The van der Waals surface area contributed by atoms with Crippen molar-refractivity contribution in [2.45, 2.75) is 13.1 Å². The van der Waals surface area contributed by atoms with Crippen molar-refractivity contribution in [1.29, 1.82) is 0 Å². The minimum Gasteiger partial charge on any atom is -0.336 e. The summed E-state index contributed by atoms with van der Waals surface area (Å²) in [4.78, 5) is 5.34. The van der Waals surface area contributed by atoms with Gasteiger partial charge in [-0.2, -0.15) is 0 Å². The van der Waals surface area contributed by atoms with E-state index in [2.05, 4.69) is 42.2 Å². The van der Waals surface area contributed by atoms with Gasteiger partial charge in [0.25, 0.3) is 0 Å². The summed E-state index contributed by atoms with van der Waals surface area (Å²) in [5.74, 6) is 0. The van der Waals surface area contributed by atoms with Gasteiger partial charge in [0.1, 0.15) is 0 Å². The quantitative estimate of drug-likeness (QED) is 0.856. The molecule has 2 aromatic rings. The molecule has 0 aliphatic rings. The van der Waals surface area contributed by atoms with Gasteiger partial charge in [0.2, 0.25) is 0 Å². The first-order chi connectivity index (χ1) is 7.36. The van der Waals surface area contributed by atoms with E-state index < -0.39 is 0 Å². The summed E-state index contributed by atoms with van der Waals surface area (Å²) in [6, 6.07) is 2.08. The second-order valence-corrected chi connectivity index (χ2v) is 5.02. The van der Waals surface area contributed by atoms with Gasteiger partial charge in [-0.25, -0.2) is 4.98 Å². The number of rotatable bonds is 5. The predicted octanol–water partition coefficient (Wildman–Crippen LogP) is 2.50. The van der Waals surface area contributed by atoms with Crippen molar-refractivity contribution >= 4 is 27.3 Å². The Morgan fingerprint density at radius 2 is 2.47 bits per heavy atom. The molecule has 15 heavy (non-hydrogen) atoms. The summed E-state index contributed by atoms with van der Waals surface area (Å²) < 4.78 is 3.26. The van der Waals surface area contributed by atoms with Crippen LogP contribution in [0.5, 0.6) is 0 Å². The van der Waals surface area contributed by atoms with Crippen LogP contribution in [0.4, 0.5) is 0 Å². The van der Waals surface area contributed by atoms with Crippen LogP contribution >= 0.6 is 27.3 Å². The van der Waals surface area contributed by atoms with Crippen LogP contribution in [-0.2, 0) is 13.1 Å². The molecule has 0 radical (unpaired) electrons. The molecule has 2 heterocycles. The van der Waals surface area contributed by atoms with Crippen LogP contribution in [-0.4, -0.2) is 16.1 Å². The highest BCUT2D eigenvalue weighted by Gasteiger charge is 1.99. The molecule has 80 valence electrons. The molecule has 5 heteroatoms. The van der Waals surface area contributed by atoms with Crippen LogP contribution in [0.15, 0.2) is 34.6 Å². The summed E-state index contributed by atoms with van der Waals surface area (Å²) in [6.45, 7) is 2.84. The van der Waals surface area contributed by atoms with E-state index in [1.165, 1.54) is 9.35 Å². The molecule has 2 aromatic heterocycles. The van der Waals surface area contributed by atoms with Gasteiger partial charge in [0, 0.05) is 41.4 Å². The van der Waals surface area contributed by atoms with Crippen LogP contribution in [0.1, 0.15) is 4.88 Å². The van der Waals surface area contributed by atoms with E-state index in [1.54, 1.807) is 17.5 Å². The molecule has 0 aliphatic heterocycles. The third-order valence-corrected chi connectivity index (χ3v) is 4.01. The topological polar surface area (TPSA) is 29.9 Å². The van der Waals surface area contributed by atoms with Gasteiger partial charge in [0.05, 0.1) is 6.33 Å². The van der Waals surface area contributed by atoms with E-state index in [4.69, 9.17) is 0 Å². The SMILES string of the molecule is Brc1ccsc1CNCCn1ccnc1. The second-order valence-electron chi connectivity index (χ2n) is 3.17. The lowest BCUT2D eigenvalue weighted by Gasteiger charge is -2.04. The van der Waals surface area contributed by atoms with Crippen LogP contribution in [0, 0.1) is 0 Å². The van der Waals surface area contributed by atoms with Crippen molar-refractivity contribution in [1.82, 2.24) is 14.9 Å². The Morgan fingerprint density at radius 3 is 3.13 bits per heavy atom. The summed E-state index contributed by atoms with van der Waals surface area (Å²) in [5.41, 5.74) is 0. The lowest BCUT2D eigenvalue weighted by molar-refractivity contribution is 0.600. The van der Waals surface area contributed by atoms with Crippen molar-refractivity contribution < 1.29 is 0 Å². The third kappa shape index (κ3) is 3.15. The number of hydrogen-bond donors (Lipinski definition) is 1. The zero-order valence-corrected chi connectivity index (χ0v) is 10.6. The number of nitrogens with one attached hydrogen (secondary N) is 1. The molecule has 3 nitrogen and oxygen atoms in total. The fourth-order valence-corrected chi connectivity index (χ4v) is 2.74. The first-order valence-electron chi connectivity index (χ1n) is 4.74. The highest BCUT2D eigenvalue weighted by Crippen LogP contribution is 2.21. The lowest BCUT2D eigenvalue weighted by atomic mass is 10.4. The molecule has 0 spiro atoms. The molecular formula is C10H12BrN3S. The predicted molar refractivity (Wildman–Crippen MR) is 66.0 cm³/mol. The van der Waals surface area contributed by atoms with E-state index >= 15 is 0 Å². The van der Waals surface area contributed by atoms with Crippen LogP contribution in [0.3, 0.4) is 0 Å². The monoisotopic (exact) mass is 285 g/mol. The van der Waals surface area contributed by atoms with Gasteiger partial charge in [-0.15, -0.1) is 11.3 Å². The van der Waals surface area contributed by atoms with Gasteiger partial charge in [0.15, 0.2) is 0 Å². The highest BCUT2D eigenvalue weighted by molar-refractivity contribution is 9.10. The van der Waals surface area contributed by atoms with Crippen LogP contribution in [0.25, 0.3) is 0 Å². The number of halogens is 1. The Hall–Kier alpha value is -0.650. The van der Waals surface area contributed by atoms with Crippen molar-refractivity contribution in [3.63, 3.8) is 0 Å². The Kier molecular flexibility index (Phi) is 3.94. The largest absolute Gasteiger partial charge is 0.336 e. The van der Waals surface area contributed by atoms with Crippen molar-refractivity contribution in [2.24, 2.45) is 0 Å². The zero-order valence-electron chi connectivity index (χ0n) is 8.19. The molecule has 0 unspecified atom stereocenters. The van der Waals surface area contributed by atoms with E-state index in [9.17, 15) is 0 Å². The highest BCUT2D eigenvalue weighted by atomic mass is 79.9. The molecule has 1 N–H and O–H groups in total. The van der Waals surface area contributed by atoms with E-state index in [0.717, 1.165) is 19.6 Å².